The zero-order chi connectivity index (χ0) is 19.7. The lowest BCUT2D eigenvalue weighted by atomic mass is 9.81. The van der Waals surface area contributed by atoms with E-state index in [9.17, 15) is 0 Å². The highest BCUT2D eigenvalue weighted by Crippen LogP contribution is 2.38. The first kappa shape index (κ1) is 18.6. The van der Waals surface area contributed by atoms with Gasteiger partial charge in [-0.3, -0.25) is 9.88 Å². The van der Waals surface area contributed by atoms with E-state index in [0.717, 1.165) is 43.7 Å². The number of para-hydroxylation sites is 1. The largest absolute Gasteiger partial charge is 0.486 e. The maximum Gasteiger partial charge on any atom is 0.124 e. The first-order valence-corrected chi connectivity index (χ1v) is 10.7. The Labute approximate surface area is 172 Å². The number of benzene rings is 2. The lowest BCUT2D eigenvalue weighted by Crippen LogP contribution is -2.50. The van der Waals surface area contributed by atoms with Crippen molar-refractivity contribution >= 4 is 10.9 Å². The molecule has 3 aromatic rings. The first-order chi connectivity index (χ1) is 14.2. The maximum absolute atomic E-state index is 6.74. The molecule has 29 heavy (non-hydrogen) atoms. The molecule has 1 spiro atoms. The number of fused-ring (bicyclic) bond motifs is 2. The van der Waals surface area contributed by atoms with Gasteiger partial charge < -0.3 is 10.1 Å². The van der Waals surface area contributed by atoms with Crippen LogP contribution in [-0.4, -0.2) is 35.1 Å². The van der Waals surface area contributed by atoms with E-state index in [-0.39, 0.29) is 5.60 Å². The van der Waals surface area contributed by atoms with Crippen molar-refractivity contribution in [2.75, 3.05) is 13.6 Å². The number of nitrogens with zero attached hydrogens (tertiary/aromatic N) is 2. The topological polar surface area (TPSA) is 37.4 Å². The molecule has 1 N–H and O–H groups in total. The second-order valence-corrected chi connectivity index (χ2v) is 8.63. The van der Waals surface area contributed by atoms with Crippen molar-refractivity contribution < 1.29 is 4.74 Å². The summed E-state index contributed by atoms with van der Waals surface area (Å²) in [5.74, 6) is 1.07. The normalized spacial score (nSPS) is 24.8. The van der Waals surface area contributed by atoms with Gasteiger partial charge in [0.2, 0.25) is 0 Å². The van der Waals surface area contributed by atoms with Gasteiger partial charge in [0.1, 0.15) is 11.4 Å². The fourth-order valence-corrected chi connectivity index (χ4v) is 4.99. The number of rotatable bonds is 3. The van der Waals surface area contributed by atoms with Gasteiger partial charge in [-0.05, 0) is 62.6 Å². The Balaban J connectivity index is 1.43. The van der Waals surface area contributed by atoms with Gasteiger partial charge in [-0.1, -0.05) is 30.3 Å². The van der Waals surface area contributed by atoms with Gasteiger partial charge in [-0.2, -0.15) is 0 Å². The van der Waals surface area contributed by atoms with Crippen molar-refractivity contribution in [1.29, 1.82) is 0 Å². The van der Waals surface area contributed by atoms with E-state index >= 15 is 0 Å². The lowest BCUT2D eigenvalue weighted by molar-refractivity contribution is -0.00320. The molecule has 0 unspecified atom stereocenters. The molecule has 4 heteroatoms. The Morgan fingerprint density at radius 2 is 1.97 bits per heavy atom. The fourth-order valence-electron chi connectivity index (χ4n) is 4.99. The summed E-state index contributed by atoms with van der Waals surface area (Å²) in [5, 5.41) is 4.66. The van der Waals surface area contributed by atoms with Crippen LogP contribution in [0.5, 0.6) is 5.75 Å². The minimum atomic E-state index is -0.0850. The van der Waals surface area contributed by atoms with Crippen LogP contribution in [0.3, 0.4) is 0 Å². The summed E-state index contributed by atoms with van der Waals surface area (Å²) in [5.41, 5.74) is 3.60. The van der Waals surface area contributed by atoms with Crippen molar-refractivity contribution in [3.8, 4) is 5.75 Å². The molecule has 1 aromatic heterocycles. The van der Waals surface area contributed by atoms with Crippen LogP contribution in [-0.2, 0) is 13.1 Å². The van der Waals surface area contributed by atoms with Crippen molar-refractivity contribution in [3.63, 3.8) is 0 Å². The number of pyridine rings is 1. The minimum Gasteiger partial charge on any atom is -0.486 e. The molecule has 5 rings (SSSR count). The summed E-state index contributed by atoms with van der Waals surface area (Å²) in [4.78, 5) is 7.03. The van der Waals surface area contributed by atoms with Crippen LogP contribution in [0.2, 0.25) is 0 Å². The number of nitrogens with one attached hydrogen (secondary N) is 1. The number of aromatic nitrogens is 1. The average Bonchev–Trinajstić information content (AvgIpc) is 2.90. The molecule has 4 nitrogen and oxygen atoms in total. The average molecular weight is 388 g/mol. The minimum absolute atomic E-state index is 0.0850. The number of hydrogen-bond acceptors (Lipinski definition) is 4. The standard InChI is InChI=1S/C25H29N3O/c1-26-22-10-12-25(13-11-22)18-28(17-21-5-2-3-7-24(21)29-25)16-19-8-9-23-20(15-19)6-4-14-27-23/h2-9,14-15,22,26H,10-13,16-18H2,1H3. The third kappa shape index (κ3) is 3.87. The van der Waals surface area contributed by atoms with Crippen LogP contribution < -0.4 is 10.1 Å². The fraction of sp³-hybridized carbons (Fsp3) is 0.400. The second-order valence-electron chi connectivity index (χ2n) is 8.63. The first-order valence-electron chi connectivity index (χ1n) is 10.7. The van der Waals surface area contributed by atoms with Crippen LogP contribution in [0.25, 0.3) is 10.9 Å². The van der Waals surface area contributed by atoms with Crippen LogP contribution in [0.1, 0.15) is 36.8 Å². The second kappa shape index (κ2) is 7.77. The molecule has 0 amide bonds. The maximum atomic E-state index is 6.74. The lowest BCUT2D eigenvalue weighted by Gasteiger charge is -2.41. The van der Waals surface area contributed by atoms with Crippen molar-refractivity contribution in [2.24, 2.45) is 0 Å². The Morgan fingerprint density at radius 1 is 1.10 bits per heavy atom. The van der Waals surface area contributed by atoms with Gasteiger partial charge in [0, 0.05) is 42.8 Å². The summed E-state index contributed by atoms with van der Waals surface area (Å²) in [7, 11) is 2.08. The summed E-state index contributed by atoms with van der Waals surface area (Å²) in [6.45, 7) is 2.83. The smallest absolute Gasteiger partial charge is 0.124 e. The Morgan fingerprint density at radius 3 is 2.83 bits per heavy atom. The molecule has 150 valence electrons. The van der Waals surface area contributed by atoms with E-state index in [1.807, 2.05) is 12.3 Å². The molecule has 1 fully saturated rings. The van der Waals surface area contributed by atoms with E-state index in [4.69, 9.17) is 4.74 Å². The highest BCUT2D eigenvalue weighted by molar-refractivity contribution is 5.78. The Bertz CT molecular complexity index is 994. The van der Waals surface area contributed by atoms with Gasteiger partial charge in [-0.15, -0.1) is 0 Å². The van der Waals surface area contributed by atoms with Crippen LogP contribution >= 0.6 is 0 Å². The van der Waals surface area contributed by atoms with Crippen molar-refractivity contribution in [2.45, 2.75) is 50.4 Å². The highest BCUT2D eigenvalue weighted by Gasteiger charge is 2.40. The monoisotopic (exact) mass is 387 g/mol. The Kier molecular flexibility index (Phi) is 4.98. The predicted octanol–water partition coefficient (Wildman–Crippen LogP) is 4.53. The van der Waals surface area contributed by atoms with E-state index in [1.165, 1.54) is 29.4 Å². The molecule has 1 saturated carbocycles. The van der Waals surface area contributed by atoms with Crippen LogP contribution in [0, 0.1) is 0 Å². The molecule has 0 atom stereocenters. The third-order valence-electron chi connectivity index (χ3n) is 6.58. The summed E-state index contributed by atoms with van der Waals surface area (Å²) >= 11 is 0. The third-order valence-corrected chi connectivity index (χ3v) is 6.58. The zero-order valence-corrected chi connectivity index (χ0v) is 17.1. The van der Waals surface area contributed by atoms with Crippen molar-refractivity contribution in [1.82, 2.24) is 15.2 Å². The summed E-state index contributed by atoms with van der Waals surface area (Å²) in [6.07, 6.45) is 6.41. The SMILES string of the molecule is CNC1CCC2(CC1)CN(Cc1ccc3ncccc3c1)Cc1ccccc1O2. The van der Waals surface area contributed by atoms with Crippen molar-refractivity contribution in [3.05, 3.63) is 71.9 Å². The molecule has 2 aromatic carbocycles. The molecule has 0 saturated heterocycles. The van der Waals surface area contributed by atoms with Gasteiger partial charge in [0.05, 0.1) is 5.52 Å². The molecule has 2 heterocycles. The molecule has 1 aliphatic heterocycles. The van der Waals surface area contributed by atoms with E-state index < -0.39 is 0 Å². The zero-order valence-electron chi connectivity index (χ0n) is 17.1. The predicted molar refractivity (Wildman–Crippen MR) is 117 cm³/mol. The molecular formula is C25H29N3O. The quantitative estimate of drug-likeness (QED) is 0.716. The van der Waals surface area contributed by atoms with E-state index in [0.29, 0.717) is 6.04 Å². The highest BCUT2D eigenvalue weighted by atomic mass is 16.5. The van der Waals surface area contributed by atoms with Gasteiger partial charge in [0.15, 0.2) is 0 Å². The van der Waals surface area contributed by atoms with Gasteiger partial charge in [0.25, 0.3) is 0 Å². The summed E-state index contributed by atoms with van der Waals surface area (Å²) in [6, 6.07) is 20.0. The van der Waals surface area contributed by atoms with E-state index in [1.54, 1.807) is 0 Å². The van der Waals surface area contributed by atoms with Gasteiger partial charge in [-0.25, -0.2) is 0 Å². The number of hydrogen-bond donors (Lipinski definition) is 1. The summed E-state index contributed by atoms with van der Waals surface area (Å²) < 4.78 is 6.74. The van der Waals surface area contributed by atoms with E-state index in [2.05, 4.69) is 70.8 Å². The molecular weight excluding hydrogens is 358 g/mol. The van der Waals surface area contributed by atoms with Crippen LogP contribution in [0.15, 0.2) is 60.8 Å². The Hall–Kier alpha value is -2.43. The molecule has 0 radical (unpaired) electrons. The van der Waals surface area contributed by atoms with Crippen LogP contribution in [0.4, 0.5) is 0 Å². The molecule has 0 bridgehead atoms. The molecule has 2 aliphatic rings. The van der Waals surface area contributed by atoms with Gasteiger partial charge >= 0.3 is 0 Å². The number of ether oxygens (including phenoxy) is 1. The molecule has 1 aliphatic carbocycles.